The fourth-order valence-electron chi connectivity index (χ4n) is 1.64. The minimum Gasteiger partial charge on any atom is -0.481 e. The minimum absolute atomic E-state index is 0.113. The number of carboxylic acids is 1. The van der Waals surface area contributed by atoms with E-state index in [1.807, 2.05) is 0 Å². The van der Waals surface area contributed by atoms with Crippen LogP contribution in [0.25, 0.3) is 0 Å². The van der Waals surface area contributed by atoms with Gasteiger partial charge in [0.2, 0.25) is 0 Å². The second-order valence-corrected chi connectivity index (χ2v) is 5.95. The first-order valence-corrected chi connectivity index (χ1v) is 5.89. The van der Waals surface area contributed by atoms with Crippen LogP contribution in [0, 0.1) is 16.7 Å². The van der Waals surface area contributed by atoms with Gasteiger partial charge in [-0.15, -0.1) is 0 Å². The topological polar surface area (TPSA) is 37.3 Å². The highest BCUT2D eigenvalue weighted by molar-refractivity contribution is 5.71. The lowest BCUT2D eigenvalue weighted by atomic mass is 9.68. The molecule has 0 aliphatic rings. The predicted molar refractivity (Wildman–Crippen MR) is 63.9 cm³/mol. The molecule has 0 heterocycles. The summed E-state index contributed by atoms with van der Waals surface area (Å²) in [6.45, 7) is 12.6. The van der Waals surface area contributed by atoms with E-state index in [2.05, 4.69) is 41.5 Å². The molecule has 0 spiro atoms. The van der Waals surface area contributed by atoms with Gasteiger partial charge in [-0.2, -0.15) is 0 Å². The highest BCUT2D eigenvalue weighted by Gasteiger charge is 2.37. The summed E-state index contributed by atoms with van der Waals surface area (Å²) in [7, 11) is 0. The molecule has 1 atom stereocenters. The van der Waals surface area contributed by atoms with Gasteiger partial charge in [0.15, 0.2) is 0 Å². The van der Waals surface area contributed by atoms with E-state index in [0.717, 1.165) is 19.3 Å². The molecule has 15 heavy (non-hydrogen) atoms. The summed E-state index contributed by atoms with van der Waals surface area (Å²) in [5.41, 5.74) is 0.00771. The lowest BCUT2D eigenvalue weighted by Crippen LogP contribution is -2.34. The molecule has 2 heteroatoms. The SMILES string of the molecule is CCC(C)(C)CC(C(=O)O)C(C)(C)CC. The fraction of sp³-hybridized carbons (Fsp3) is 0.923. The molecule has 0 aliphatic carbocycles. The van der Waals surface area contributed by atoms with Gasteiger partial charge in [0, 0.05) is 0 Å². The van der Waals surface area contributed by atoms with Gasteiger partial charge in [-0.1, -0.05) is 54.4 Å². The van der Waals surface area contributed by atoms with Gasteiger partial charge in [-0.25, -0.2) is 0 Å². The van der Waals surface area contributed by atoms with Crippen molar-refractivity contribution in [1.82, 2.24) is 0 Å². The van der Waals surface area contributed by atoms with E-state index in [9.17, 15) is 9.90 Å². The highest BCUT2D eigenvalue weighted by Crippen LogP contribution is 2.40. The minimum atomic E-state index is -0.650. The summed E-state index contributed by atoms with van der Waals surface area (Å²) < 4.78 is 0. The van der Waals surface area contributed by atoms with Crippen LogP contribution < -0.4 is 0 Å². The number of aliphatic carboxylic acids is 1. The Bertz CT molecular complexity index is 217. The standard InChI is InChI=1S/C13H26O2/c1-7-12(3,4)9-10(11(14)15)13(5,6)8-2/h10H,7-9H2,1-6H3,(H,14,15). The maximum Gasteiger partial charge on any atom is 0.307 e. The number of carbonyl (C=O) groups is 1. The van der Waals surface area contributed by atoms with Crippen LogP contribution in [0.5, 0.6) is 0 Å². The van der Waals surface area contributed by atoms with Crippen molar-refractivity contribution in [2.45, 2.75) is 60.8 Å². The van der Waals surface area contributed by atoms with Gasteiger partial charge < -0.3 is 5.11 Å². The van der Waals surface area contributed by atoms with Crippen molar-refractivity contribution in [2.24, 2.45) is 16.7 Å². The molecule has 1 unspecified atom stereocenters. The Morgan fingerprint density at radius 1 is 1.13 bits per heavy atom. The quantitative estimate of drug-likeness (QED) is 0.727. The van der Waals surface area contributed by atoms with Crippen LogP contribution in [0.4, 0.5) is 0 Å². The molecule has 0 bridgehead atoms. The molecular formula is C13H26O2. The summed E-state index contributed by atoms with van der Waals surface area (Å²) in [5.74, 6) is -0.888. The molecule has 0 aromatic rings. The summed E-state index contributed by atoms with van der Waals surface area (Å²) >= 11 is 0. The molecule has 0 aliphatic heterocycles. The zero-order valence-electron chi connectivity index (χ0n) is 11.1. The van der Waals surface area contributed by atoms with Crippen LogP contribution in [0.3, 0.4) is 0 Å². The van der Waals surface area contributed by atoms with Crippen LogP contribution in [0.1, 0.15) is 60.8 Å². The first-order valence-electron chi connectivity index (χ1n) is 5.89. The van der Waals surface area contributed by atoms with Gasteiger partial charge in [0.25, 0.3) is 0 Å². The third kappa shape index (κ3) is 4.23. The van der Waals surface area contributed by atoms with E-state index in [0.29, 0.717) is 0 Å². The van der Waals surface area contributed by atoms with Crippen LogP contribution in [0.15, 0.2) is 0 Å². The number of hydrogen-bond donors (Lipinski definition) is 1. The van der Waals surface area contributed by atoms with E-state index in [1.165, 1.54) is 0 Å². The summed E-state index contributed by atoms with van der Waals surface area (Å²) in [4.78, 5) is 11.3. The molecule has 0 rings (SSSR count). The Morgan fingerprint density at radius 3 is 1.87 bits per heavy atom. The van der Waals surface area contributed by atoms with Crippen LogP contribution in [0.2, 0.25) is 0 Å². The zero-order chi connectivity index (χ0) is 12.3. The highest BCUT2D eigenvalue weighted by atomic mass is 16.4. The Morgan fingerprint density at radius 2 is 1.60 bits per heavy atom. The van der Waals surface area contributed by atoms with Crippen molar-refractivity contribution in [3.63, 3.8) is 0 Å². The summed E-state index contributed by atoms with van der Waals surface area (Å²) in [5, 5.41) is 9.30. The monoisotopic (exact) mass is 214 g/mol. The molecule has 0 fully saturated rings. The largest absolute Gasteiger partial charge is 0.481 e. The molecule has 1 N–H and O–H groups in total. The lowest BCUT2D eigenvalue weighted by Gasteiger charge is -2.35. The van der Waals surface area contributed by atoms with Crippen molar-refractivity contribution >= 4 is 5.97 Å². The molecule has 0 radical (unpaired) electrons. The molecule has 2 nitrogen and oxygen atoms in total. The first-order chi connectivity index (χ1) is 6.66. The number of carboxylic acid groups (broad SMARTS) is 1. The lowest BCUT2D eigenvalue weighted by molar-refractivity contribution is -0.147. The van der Waals surface area contributed by atoms with Gasteiger partial charge in [-0.05, 0) is 17.3 Å². The maximum absolute atomic E-state index is 11.3. The number of hydrogen-bond acceptors (Lipinski definition) is 1. The molecule has 0 amide bonds. The first kappa shape index (κ1) is 14.5. The average molecular weight is 214 g/mol. The van der Waals surface area contributed by atoms with E-state index in [1.54, 1.807) is 0 Å². The third-order valence-electron chi connectivity index (χ3n) is 3.87. The van der Waals surface area contributed by atoms with E-state index >= 15 is 0 Å². The van der Waals surface area contributed by atoms with E-state index in [4.69, 9.17) is 0 Å². The summed E-state index contributed by atoms with van der Waals surface area (Å²) in [6, 6.07) is 0. The van der Waals surface area contributed by atoms with Crippen LogP contribution in [-0.2, 0) is 4.79 Å². The van der Waals surface area contributed by atoms with Crippen molar-refractivity contribution in [3.8, 4) is 0 Å². The van der Waals surface area contributed by atoms with Crippen molar-refractivity contribution < 1.29 is 9.90 Å². The second-order valence-electron chi connectivity index (χ2n) is 5.95. The Balaban J connectivity index is 4.78. The molecule has 0 aromatic heterocycles. The Labute approximate surface area is 94.1 Å². The van der Waals surface area contributed by atoms with Crippen molar-refractivity contribution in [2.75, 3.05) is 0 Å². The Hall–Kier alpha value is -0.530. The van der Waals surface area contributed by atoms with Crippen molar-refractivity contribution in [3.05, 3.63) is 0 Å². The molecule has 90 valence electrons. The van der Waals surface area contributed by atoms with Gasteiger partial charge in [0.1, 0.15) is 0 Å². The second kappa shape index (κ2) is 5.00. The van der Waals surface area contributed by atoms with Gasteiger partial charge in [-0.3, -0.25) is 4.79 Å². The number of rotatable bonds is 6. The summed E-state index contributed by atoms with van der Waals surface area (Å²) in [6.07, 6.45) is 2.69. The molecule has 0 aromatic carbocycles. The van der Waals surface area contributed by atoms with Crippen LogP contribution >= 0.6 is 0 Å². The normalized spacial score (nSPS) is 15.1. The Kier molecular flexibility index (Phi) is 4.82. The van der Waals surface area contributed by atoms with E-state index < -0.39 is 5.97 Å². The average Bonchev–Trinajstić information content (AvgIpc) is 2.14. The predicted octanol–water partition coefficient (Wildman–Crippen LogP) is 3.95. The maximum atomic E-state index is 11.3. The molecule has 0 saturated carbocycles. The van der Waals surface area contributed by atoms with Crippen molar-refractivity contribution in [1.29, 1.82) is 0 Å². The smallest absolute Gasteiger partial charge is 0.307 e. The zero-order valence-corrected chi connectivity index (χ0v) is 11.1. The fourth-order valence-corrected chi connectivity index (χ4v) is 1.64. The third-order valence-corrected chi connectivity index (χ3v) is 3.87. The van der Waals surface area contributed by atoms with Crippen LogP contribution in [-0.4, -0.2) is 11.1 Å². The molecule has 0 saturated heterocycles. The van der Waals surface area contributed by atoms with Gasteiger partial charge in [0.05, 0.1) is 5.92 Å². The van der Waals surface area contributed by atoms with E-state index in [-0.39, 0.29) is 16.7 Å². The molecular weight excluding hydrogens is 188 g/mol. The van der Waals surface area contributed by atoms with Gasteiger partial charge >= 0.3 is 5.97 Å².